The summed E-state index contributed by atoms with van der Waals surface area (Å²) in [4.78, 5) is 25.4. The minimum absolute atomic E-state index is 0. The van der Waals surface area contributed by atoms with E-state index in [1.807, 2.05) is 18.2 Å². The van der Waals surface area contributed by atoms with Crippen molar-refractivity contribution in [1.29, 1.82) is 0 Å². The summed E-state index contributed by atoms with van der Waals surface area (Å²) in [6, 6.07) is 12.1. The molecule has 2 aromatic carbocycles. The Morgan fingerprint density at radius 1 is 1.12 bits per heavy atom. The molecule has 17 heavy (non-hydrogen) atoms. The molecule has 6 heteroatoms. The van der Waals surface area contributed by atoms with Gasteiger partial charge in [-0.3, -0.25) is 4.79 Å². The fourth-order valence-corrected chi connectivity index (χ4v) is 1.52. The van der Waals surface area contributed by atoms with Crippen LogP contribution in [0.2, 0.25) is 0 Å². The average Bonchev–Trinajstić information content (AvgIpc) is 2.27. The Kier molecular flexibility index (Phi) is 4.29. The van der Waals surface area contributed by atoms with Crippen molar-refractivity contribution >= 4 is 16.7 Å². The third-order valence-electron chi connectivity index (χ3n) is 2.17. The Labute approximate surface area is 109 Å². The van der Waals surface area contributed by atoms with Crippen molar-refractivity contribution < 1.29 is 34.2 Å². The van der Waals surface area contributed by atoms with Gasteiger partial charge in [0.1, 0.15) is 0 Å². The Hall–Kier alpha value is -1.81. The van der Waals surface area contributed by atoms with E-state index in [0.29, 0.717) is 5.39 Å². The molecular formula is C11H7NO4Zn. The van der Waals surface area contributed by atoms with Crippen LogP contribution in [0.1, 0.15) is 10.4 Å². The zero-order valence-corrected chi connectivity index (χ0v) is 11.8. The van der Waals surface area contributed by atoms with E-state index in [1.54, 1.807) is 18.2 Å². The van der Waals surface area contributed by atoms with Gasteiger partial charge in [0.05, 0.1) is 5.56 Å². The molecule has 0 spiro atoms. The second-order valence-electron chi connectivity index (χ2n) is 3.13. The van der Waals surface area contributed by atoms with Crippen molar-refractivity contribution in [2.75, 3.05) is 0 Å². The van der Waals surface area contributed by atoms with Crippen LogP contribution in [0.15, 0.2) is 42.5 Å². The van der Waals surface area contributed by atoms with Crippen molar-refractivity contribution in [3.63, 3.8) is 0 Å². The largest absolute Gasteiger partial charge is 0.335 e. The van der Waals surface area contributed by atoms with Gasteiger partial charge in [-0.1, -0.05) is 36.4 Å². The van der Waals surface area contributed by atoms with E-state index in [2.05, 4.69) is 4.84 Å². The quantitative estimate of drug-likeness (QED) is 0.481. The fourth-order valence-electron chi connectivity index (χ4n) is 1.52. The molecule has 0 N–H and O–H groups in total. The summed E-state index contributed by atoms with van der Waals surface area (Å²) < 4.78 is 0. The number of nitrogens with zero attached hydrogens (tertiary/aromatic N) is 1. The van der Waals surface area contributed by atoms with Gasteiger partial charge in [0.2, 0.25) is 0 Å². The molecule has 0 aliphatic rings. The summed E-state index contributed by atoms with van der Waals surface area (Å²) in [6.07, 6.45) is 0. The van der Waals surface area contributed by atoms with Crippen LogP contribution in [-0.4, -0.2) is 11.1 Å². The second kappa shape index (κ2) is 5.50. The Balaban J connectivity index is 0.00000144. The molecule has 0 unspecified atom stereocenters. The second-order valence-corrected chi connectivity index (χ2v) is 3.13. The monoisotopic (exact) mass is 281 g/mol. The topological polar surface area (TPSA) is 69.4 Å². The minimum atomic E-state index is -1.11. The van der Waals surface area contributed by atoms with Crippen LogP contribution in [0.5, 0.6) is 0 Å². The maximum atomic E-state index is 11.4. The molecule has 2 rings (SSSR count). The van der Waals surface area contributed by atoms with Crippen molar-refractivity contribution in [3.05, 3.63) is 58.1 Å². The van der Waals surface area contributed by atoms with E-state index < -0.39 is 11.1 Å². The van der Waals surface area contributed by atoms with E-state index >= 15 is 0 Å². The third kappa shape index (κ3) is 2.85. The van der Waals surface area contributed by atoms with Gasteiger partial charge in [-0.15, -0.1) is 10.1 Å². The van der Waals surface area contributed by atoms with Crippen LogP contribution in [-0.2, 0) is 24.3 Å². The van der Waals surface area contributed by atoms with Crippen LogP contribution in [0.4, 0.5) is 0 Å². The number of hydrogen-bond donors (Lipinski definition) is 0. The predicted octanol–water partition coefficient (Wildman–Crippen LogP) is 2.19. The molecular weight excluding hydrogens is 276 g/mol. The predicted molar refractivity (Wildman–Crippen MR) is 56.4 cm³/mol. The van der Waals surface area contributed by atoms with Crippen molar-refractivity contribution in [1.82, 2.24) is 0 Å². The van der Waals surface area contributed by atoms with Crippen LogP contribution in [0.25, 0.3) is 10.8 Å². The third-order valence-corrected chi connectivity index (χ3v) is 2.17. The van der Waals surface area contributed by atoms with Gasteiger partial charge in [-0.2, -0.15) is 0 Å². The first-order chi connectivity index (χ1) is 7.68. The van der Waals surface area contributed by atoms with Gasteiger partial charge in [0.25, 0.3) is 0 Å². The molecule has 82 valence electrons. The van der Waals surface area contributed by atoms with Gasteiger partial charge in [0, 0.05) is 19.5 Å². The first-order valence-corrected chi connectivity index (χ1v) is 4.53. The molecule has 0 saturated carbocycles. The molecule has 0 amide bonds. The van der Waals surface area contributed by atoms with E-state index in [4.69, 9.17) is 0 Å². The first kappa shape index (κ1) is 13.3. The summed E-state index contributed by atoms with van der Waals surface area (Å²) in [7, 11) is 0. The fraction of sp³-hybridized carbons (Fsp3) is 0. The SMILES string of the molecule is O=C(O[N+](=O)[O-])c1cccc2ccccc12.[Zn]. The van der Waals surface area contributed by atoms with Crippen molar-refractivity contribution in [2.24, 2.45) is 0 Å². The minimum Gasteiger partial charge on any atom is -0.263 e. The molecule has 2 aromatic rings. The molecule has 0 aromatic heterocycles. The molecule has 0 aliphatic heterocycles. The zero-order valence-electron chi connectivity index (χ0n) is 8.83. The van der Waals surface area contributed by atoms with E-state index in [9.17, 15) is 14.9 Å². The molecule has 5 nitrogen and oxygen atoms in total. The van der Waals surface area contributed by atoms with Gasteiger partial charge < -0.3 is 0 Å². The first-order valence-electron chi connectivity index (χ1n) is 4.53. The zero-order chi connectivity index (χ0) is 11.5. The summed E-state index contributed by atoms with van der Waals surface area (Å²) in [5.41, 5.74) is 0.190. The van der Waals surface area contributed by atoms with Crippen LogP contribution < -0.4 is 0 Å². The summed E-state index contributed by atoms with van der Waals surface area (Å²) in [5, 5.41) is 10.4. The number of hydrogen-bond acceptors (Lipinski definition) is 4. The summed E-state index contributed by atoms with van der Waals surface area (Å²) in [6.45, 7) is 0. The maximum absolute atomic E-state index is 11.4. The van der Waals surface area contributed by atoms with Gasteiger partial charge in [0.15, 0.2) is 0 Å². The number of fused-ring (bicyclic) bond motifs is 1. The van der Waals surface area contributed by atoms with Gasteiger partial charge in [-0.05, 0) is 16.8 Å². The standard InChI is InChI=1S/C11H7NO4.Zn/c13-11(16-12(14)15)10-7-3-5-8-4-1-2-6-9(8)10;/h1-7H;. The molecule has 0 saturated heterocycles. The molecule has 0 radical (unpaired) electrons. The average molecular weight is 283 g/mol. The molecule has 0 heterocycles. The summed E-state index contributed by atoms with van der Waals surface area (Å²) in [5.74, 6) is -0.957. The Bertz CT molecular complexity index is 565. The van der Waals surface area contributed by atoms with Gasteiger partial charge >= 0.3 is 11.1 Å². The molecule has 0 bridgehead atoms. The van der Waals surface area contributed by atoms with Crippen molar-refractivity contribution in [3.8, 4) is 0 Å². The van der Waals surface area contributed by atoms with Crippen LogP contribution >= 0.6 is 0 Å². The number of rotatable bonds is 2. The number of carbonyl (C=O) groups is 1. The van der Waals surface area contributed by atoms with Gasteiger partial charge in [-0.25, -0.2) is 4.84 Å². The maximum Gasteiger partial charge on any atom is 0.335 e. The van der Waals surface area contributed by atoms with Crippen LogP contribution in [0.3, 0.4) is 0 Å². The van der Waals surface area contributed by atoms with Crippen molar-refractivity contribution in [2.45, 2.75) is 0 Å². The number of benzene rings is 2. The molecule has 0 fully saturated rings. The smallest absolute Gasteiger partial charge is 0.263 e. The molecule has 0 aliphatic carbocycles. The summed E-state index contributed by atoms with van der Waals surface area (Å²) >= 11 is 0. The molecule has 0 atom stereocenters. The van der Waals surface area contributed by atoms with Crippen LogP contribution in [0, 0.1) is 10.1 Å². The van der Waals surface area contributed by atoms with E-state index in [0.717, 1.165) is 5.39 Å². The number of carbonyl (C=O) groups excluding carboxylic acids is 1. The Morgan fingerprint density at radius 3 is 2.47 bits per heavy atom. The van der Waals surface area contributed by atoms with E-state index in [-0.39, 0.29) is 25.0 Å². The normalized spacial score (nSPS) is 9.41. The van der Waals surface area contributed by atoms with E-state index in [1.165, 1.54) is 6.07 Å². The Morgan fingerprint density at radius 2 is 1.76 bits per heavy atom.